The number of carbonyl (C=O) groups is 1. The predicted octanol–water partition coefficient (Wildman–Crippen LogP) is 3.25. The van der Waals surface area contributed by atoms with Gasteiger partial charge >= 0.3 is 0 Å². The summed E-state index contributed by atoms with van der Waals surface area (Å²) in [7, 11) is 0. The van der Waals surface area contributed by atoms with Crippen molar-refractivity contribution in [3.63, 3.8) is 0 Å². The molecule has 0 aromatic carbocycles. The van der Waals surface area contributed by atoms with Crippen LogP contribution in [0.5, 0.6) is 0 Å². The van der Waals surface area contributed by atoms with Gasteiger partial charge in [0.1, 0.15) is 5.69 Å². The molecule has 1 aromatic rings. The molecule has 94 valence electrons. The highest BCUT2D eigenvalue weighted by Crippen LogP contribution is 2.16. The third-order valence-electron chi connectivity index (χ3n) is 2.54. The van der Waals surface area contributed by atoms with Crippen LogP contribution in [0.3, 0.4) is 0 Å². The van der Waals surface area contributed by atoms with E-state index in [0.29, 0.717) is 5.69 Å². The van der Waals surface area contributed by atoms with Gasteiger partial charge in [-0.1, -0.05) is 0 Å². The van der Waals surface area contributed by atoms with Crippen molar-refractivity contribution in [3.05, 3.63) is 27.1 Å². The number of aryl methyl sites for hydroxylation is 1. The van der Waals surface area contributed by atoms with Gasteiger partial charge in [-0.3, -0.25) is 4.79 Å². The largest absolute Gasteiger partial charge is 0.332 e. The normalized spacial score (nSPS) is 11.1. The van der Waals surface area contributed by atoms with Crippen molar-refractivity contribution in [1.29, 1.82) is 0 Å². The summed E-state index contributed by atoms with van der Waals surface area (Å²) in [6.07, 6.45) is 0. The Bertz CT molecular complexity index is 408. The van der Waals surface area contributed by atoms with Crippen LogP contribution >= 0.6 is 22.6 Å². The zero-order chi connectivity index (χ0) is 13.2. The van der Waals surface area contributed by atoms with Gasteiger partial charge in [0.05, 0.1) is 0 Å². The van der Waals surface area contributed by atoms with Crippen molar-refractivity contribution < 1.29 is 4.79 Å². The van der Waals surface area contributed by atoms with E-state index in [2.05, 4.69) is 27.6 Å². The maximum absolute atomic E-state index is 12.5. The lowest BCUT2D eigenvalue weighted by molar-refractivity contribution is 0.0636. The molecule has 1 aromatic heterocycles. The minimum atomic E-state index is 0.0168. The second-order valence-corrected chi connectivity index (χ2v) is 5.85. The first kappa shape index (κ1) is 14.4. The summed E-state index contributed by atoms with van der Waals surface area (Å²) in [4.78, 5) is 18.7. The summed E-state index contributed by atoms with van der Waals surface area (Å²) in [6, 6.07) is 4.23. The Kier molecular flexibility index (Phi) is 4.91. The Hall–Kier alpha value is -0.650. The van der Waals surface area contributed by atoms with Gasteiger partial charge in [-0.2, -0.15) is 0 Å². The molecule has 1 rings (SSSR count). The number of carbonyl (C=O) groups excluding carboxylic acids is 1. The smallest absolute Gasteiger partial charge is 0.274 e. The molecule has 0 N–H and O–H groups in total. The van der Waals surface area contributed by atoms with Crippen LogP contribution in [-0.2, 0) is 0 Å². The Morgan fingerprint density at radius 3 is 2.24 bits per heavy atom. The molecule has 0 spiro atoms. The van der Waals surface area contributed by atoms with Crippen LogP contribution in [0.4, 0.5) is 0 Å². The second-order valence-electron chi connectivity index (χ2n) is 4.68. The monoisotopic (exact) mass is 346 g/mol. The van der Waals surface area contributed by atoms with E-state index in [1.807, 2.05) is 51.7 Å². The van der Waals surface area contributed by atoms with Gasteiger partial charge in [0, 0.05) is 21.3 Å². The summed E-state index contributed by atoms with van der Waals surface area (Å²) < 4.78 is 0.907. The average Bonchev–Trinajstić information content (AvgIpc) is 2.20. The fraction of sp³-hybridized carbons (Fsp3) is 0.538. The lowest BCUT2D eigenvalue weighted by atomic mass is 10.2. The summed E-state index contributed by atoms with van der Waals surface area (Å²) in [5.41, 5.74) is 1.44. The Balaban J connectivity index is 3.14. The Morgan fingerprint density at radius 2 is 1.76 bits per heavy atom. The van der Waals surface area contributed by atoms with Crippen LogP contribution in [0.2, 0.25) is 0 Å². The number of pyridine rings is 1. The van der Waals surface area contributed by atoms with Crippen molar-refractivity contribution >= 4 is 28.5 Å². The predicted molar refractivity (Wildman–Crippen MR) is 78.1 cm³/mol. The Morgan fingerprint density at radius 1 is 1.24 bits per heavy atom. The number of amides is 1. The number of halogens is 1. The lowest BCUT2D eigenvalue weighted by Gasteiger charge is -2.30. The maximum Gasteiger partial charge on any atom is 0.274 e. The molecular formula is C13H19IN2O. The number of hydrogen-bond acceptors (Lipinski definition) is 2. The molecule has 0 saturated heterocycles. The van der Waals surface area contributed by atoms with E-state index < -0.39 is 0 Å². The number of hydrogen-bond donors (Lipinski definition) is 0. The molecule has 0 unspecified atom stereocenters. The molecule has 0 bridgehead atoms. The molecule has 17 heavy (non-hydrogen) atoms. The van der Waals surface area contributed by atoms with Crippen molar-refractivity contribution in [2.24, 2.45) is 0 Å². The SMILES string of the molecule is Cc1ccc(I)c(C(=O)N(C(C)C)C(C)C)n1. The quantitative estimate of drug-likeness (QED) is 0.788. The lowest BCUT2D eigenvalue weighted by Crippen LogP contribution is -2.42. The number of nitrogens with zero attached hydrogens (tertiary/aromatic N) is 2. The fourth-order valence-corrected chi connectivity index (χ4v) is 2.41. The van der Waals surface area contributed by atoms with Crippen LogP contribution in [0, 0.1) is 10.5 Å². The van der Waals surface area contributed by atoms with E-state index in [1.165, 1.54) is 0 Å². The molecule has 4 heteroatoms. The zero-order valence-corrected chi connectivity index (χ0v) is 13.1. The minimum Gasteiger partial charge on any atom is -0.332 e. The van der Waals surface area contributed by atoms with E-state index in [4.69, 9.17) is 0 Å². The van der Waals surface area contributed by atoms with Crippen molar-refractivity contribution in [2.45, 2.75) is 46.7 Å². The summed E-state index contributed by atoms with van der Waals surface area (Å²) in [5.74, 6) is 0.0168. The molecule has 0 aliphatic rings. The molecule has 0 saturated carbocycles. The van der Waals surface area contributed by atoms with Crippen LogP contribution in [-0.4, -0.2) is 27.9 Å². The highest BCUT2D eigenvalue weighted by Gasteiger charge is 2.24. The number of rotatable bonds is 3. The second kappa shape index (κ2) is 5.80. The minimum absolute atomic E-state index is 0.0168. The summed E-state index contributed by atoms with van der Waals surface area (Å²) in [5, 5.41) is 0. The van der Waals surface area contributed by atoms with Gasteiger partial charge in [0.25, 0.3) is 5.91 Å². The molecule has 0 atom stereocenters. The standard InChI is InChI=1S/C13H19IN2O/c1-8(2)16(9(3)4)13(17)12-11(14)7-6-10(5)15-12/h6-9H,1-5H3. The van der Waals surface area contributed by atoms with Gasteiger partial charge in [-0.05, 0) is 69.3 Å². The highest BCUT2D eigenvalue weighted by atomic mass is 127. The fourth-order valence-electron chi connectivity index (χ4n) is 1.88. The van der Waals surface area contributed by atoms with Crippen molar-refractivity contribution in [3.8, 4) is 0 Å². The van der Waals surface area contributed by atoms with Gasteiger partial charge in [0.15, 0.2) is 0 Å². The Labute approximate surface area is 117 Å². The van der Waals surface area contributed by atoms with Gasteiger partial charge in [-0.15, -0.1) is 0 Å². The molecule has 0 fully saturated rings. The molecule has 0 aliphatic carbocycles. The van der Waals surface area contributed by atoms with Crippen molar-refractivity contribution in [2.75, 3.05) is 0 Å². The maximum atomic E-state index is 12.5. The third-order valence-corrected chi connectivity index (χ3v) is 3.41. The highest BCUT2D eigenvalue weighted by molar-refractivity contribution is 14.1. The first-order valence-electron chi connectivity index (χ1n) is 5.80. The first-order chi connectivity index (χ1) is 7.84. The van der Waals surface area contributed by atoms with Crippen molar-refractivity contribution in [1.82, 2.24) is 9.88 Å². The van der Waals surface area contributed by atoms with E-state index in [-0.39, 0.29) is 18.0 Å². The van der Waals surface area contributed by atoms with Crippen LogP contribution in [0.1, 0.15) is 43.9 Å². The van der Waals surface area contributed by atoms with Gasteiger partial charge in [0.2, 0.25) is 0 Å². The van der Waals surface area contributed by atoms with Crippen LogP contribution in [0.15, 0.2) is 12.1 Å². The average molecular weight is 346 g/mol. The van der Waals surface area contributed by atoms with Crippen LogP contribution < -0.4 is 0 Å². The summed E-state index contributed by atoms with van der Waals surface area (Å²) in [6.45, 7) is 10.0. The van der Waals surface area contributed by atoms with E-state index in [0.717, 1.165) is 9.26 Å². The number of aromatic nitrogens is 1. The van der Waals surface area contributed by atoms with Gasteiger partial charge in [-0.25, -0.2) is 4.98 Å². The molecule has 0 radical (unpaired) electrons. The van der Waals surface area contributed by atoms with Gasteiger partial charge < -0.3 is 4.90 Å². The summed E-state index contributed by atoms with van der Waals surface area (Å²) >= 11 is 2.16. The molecule has 1 amide bonds. The molecular weight excluding hydrogens is 327 g/mol. The van der Waals surface area contributed by atoms with E-state index in [1.54, 1.807) is 0 Å². The molecule has 3 nitrogen and oxygen atoms in total. The third kappa shape index (κ3) is 3.40. The molecule has 1 heterocycles. The topological polar surface area (TPSA) is 33.2 Å². The first-order valence-corrected chi connectivity index (χ1v) is 6.88. The van der Waals surface area contributed by atoms with E-state index in [9.17, 15) is 4.79 Å². The molecule has 0 aliphatic heterocycles. The zero-order valence-electron chi connectivity index (χ0n) is 11.0. The van der Waals surface area contributed by atoms with E-state index >= 15 is 0 Å². The van der Waals surface area contributed by atoms with Crippen LogP contribution in [0.25, 0.3) is 0 Å².